The highest BCUT2D eigenvalue weighted by atomic mass is 16.7. The highest BCUT2D eigenvalue weighted by Gasteiger charge is 2.38. The maximum absolute atomic E-state index is 8.36. The van der Waals surface area contributed by atoms with Gasteiger partial charge in [0.25, 0.3) is 0 Å². The molecular formula is C10H13NO2. The first-order chi connectivity index (χ1) is 6.09. The van der Waals surface area contributed by atoms with Gasteiger partial charge in [0.05, 0.1) is 6.07 Å². The van der Waals surface area contributed by atoms with Crippen LogP contribution < -0.4 is 0 Å². The zero-order chi connectivity index (χ0) is 9.90. The average Bonchev–Trinajstić information content (AvgIpc) is 2.37. The Hall–Kier alpha value is -1.11. The van der Waals surface area contributed by atoms with Gasteiger partial charge in [-0.15, -0.1) is 6.58 Å². The molecule has 2 atom stereocenters. The molecule has 0 bridgehead atoms. The molecule has 0 N–H and O–H groups in total. The molecule has 1 fully saturated rings. The summed E-state index contributed by atoms with van der Waals surface area (Å²) in [5.74, 6) is -0.594. The van der Waals surface area contributed by atoms with Crippen LogP contribution in [0.3, 0.4) is 0 Å². The van der Waals surface area contributed by atoms with Gasteiger partial charge in [0.1, 0.15) is 12.2 Å². The topological polar surface area (TPSA) is 42.2 Å². The normalized spacial score (nSPS) is 31.8. The maximum atomic E-state index is 8.36. The summed E-state index contributed by atoms with van der Waals surface area (Å²) in [4.78, 5) is 0. The quantitative estimate of drug-likeness (QED) is 0.479. The second-order valence-corrected chi connectivity index (χ2v) is 3.29. The summed E-state index contributed by atoms with van der Waals surface area (Å²) in [5.41, 5.74) is 0. The highest BCUT2D eigenvalue weighted by molar-refractivity contribution is 5.10. The maximum Gasteiger partial charge on any atom is 0.164 e. The number of hydrogen-bond acceptors (Lipinski definition) is 3. The van der Waals surface area contributed by atoms with E-state index in [1.54, 1.807) is 12.2 Å². The van der Waals surface area contributed by atoms with Crippen LogP contribution in [0.15, 0.2) is 24.8 Å². The third kappa shape index (κ3) is 2.41. The number of hydrogen-bond donors (Lipinski definition) is 0. The highest BCUT2D eigenvalue weighted by Crippen LogP contribution is 2.29. The third-order valence-corrected chi connectivity index (χ3v) is 1.76. The van der Waals surface area contributed by atoms with Crippen LogP contribution in [-0.2, 0) is 9.47 Å². The zero-order valence-electron chi connectivity index (χ0n) is 7.86. The predicted molar refractivity (Wildman–Crippen MR) is 48.8 cm³/mol. The molecule has 0 saturated carbocycles. The summed E-state index contributed by atoms with van der Waals surface area (Å²) in [6.45, 7) is 7.32. The lowest BCUT2D eigenvalue weighted by molar-refractivity contribution is -0.138. The molecule has 13 heavy (non-hydrogen) atoms. The molecule has 0 aromatic heterocycles. The first-order valence-corrected chi connectivity index (χ1v) is 4.13. The van der Waals surface area contributed by atoms with E-state index in [-0.39, 0.29) is 12.2 Å². The summed E-state index contributed by atoms with van der Waals surface area (Å²) in [7, 11) is 0. The molecular weight excluding hydrogens is 166 g/mol. The zero-order valence-corrected chi connectivity index (χ0v) is 7.86. The van der Waals surface area contributed by atoms with E-state index in [0.717, 1.165) is 0 Å². The number of ether oxygens (including phenoxy) is 2. The van der Waals surface area contributed by atoms with E-state index < -0.39 is 5.79 Å². The Kier molecular flexibility index (Phi) is 2.86. The van der Waals surface area contributed by atoms with Crippen molar-refractivity contribution in [2.45, 2.75) is 31.8 Å². The minimum absolute atomic E-state index is 0.167. The van der Waals surface area contributed by atoms with E-state index in [4.69, 9.17) is 14.7 Å². The van der Waals surface area contributed by atoms with Gasteiger partial charge in [0.2, 0.25) is 0 Å². The molecule has 0 aromatic rings. The van der Waals surface area contributed by atoms with Crippen molar-refractivity contribution < 1.29 is 9.47 Å². The van der Waals surface area contributed by atoms with Crippen LogP contribution in [0.5, 0.6) is 0 Å². The summed E-state index contributed by atoms with van der Waals surface area (Å²) in [6, 6.07) is 1.92. The van der Waals surface area contributed by atoms with E-state index in [9.17, 15) is 0 Å². The van der Waals surface area contributed by atoms with Crippen LogP contribution in [-0.4, -0.2) is 18.0 Å². The molecule has 3 nitrogen and oxygen atoms in total. The molecule has 1 heterocycles. The van der Waals surface area contributed by atoms with Crippen molar-refractivity contribution in [3.8, 4) is 6.07 Å². The predicted octanol–water partition coefficient (Wildman–Crippen LogP) is 1.77. The number of allylic oxidation sites excluding steroid dienone is 1. The summed E-state index contributed by atoms with van der Waals surface area (Å²) >= 11 is 0. The van der Waals surface area contributed by atoms with Crippen LogP contribution in [0.1, 0.15) is 13.8 Å². The SMILES string of the molecule is C=C[C@H]1OC(C)(C)O[C@H]1/C=C/C#N. The Balaban J connectivity index is 2.70. The molecule has 1 aliphatic rings. The number of nitriles is 1. The number of rotatable bonds is 2. The van der Waals surface area contributed by atoms with Gasteiger partial charge in [0, 0.05) is 6.08 Å². The molecule has 3 heteroatoms. The Morgan fingerprint density at radius 2 is 2.00 bits per heavy atom. The van der Waals surface area contributed by atoms with E-state index in [2.05, 4.69) is 6.58 Å². The fraction of sp³-hybridized carbons (Fsp3) is 0.500. The van der Waals surface area contributed by atoms with Gasteiger partial charge < -0.3 is 9.47 Å². The van der Waals surface area contributed by atoms with Crippen molar-refractivity contribution in [3.63, 3.8) is 0 Å². The molecule has 0 spiro atoms. The van der Waals surface area contributed by atoms with Crippen LogP contribution in [0.25, 0.3) is 0 Å². The second kappa shape index (κ2) is 3.73. The van der Waals surface area contributed by atoms with Gasteiger partial charge in [-0.05, 0) is 19.9 Å². The standard InChI is InChI=1S/C10H13NO2/c1-4-8-9(6-5-7-11)13-10(2,3)12-8/h4-6,8-9H,1H2,2-3H3/b6-5+/t8-,9+/m1/s1. The monoisotopic (exact) mass is 179 g/mol. The Morgan fingerprint density at radius 1 is 1.38 bits per heavy atom. The fourth-order valence-corrected chi connectivity index (χ4v) is 1.29. The lowest BCUT2D eigenvalue weighted by Crippen LogP contribution is -2.20. The van der Waals surface area contributed by atoms with Crippen LogP contribution in [0.2, 0.25) is 0 Å². The molecule has 0 radical (unpaired) electrons. The molecule has 0 aliphatic carbocycles. The van der Waals surface area contributed by atoms with Gasteiger partial charge in [-0.3, -0.25) is 0 Å². The Morgan fingerprint density at radius 3 is 2.54 bits per heavy atom. The molecule has 0 aromatic carbocycles. The van der Waals surface area contributed by atoms with E-state index in [1.165, 1.54) is 6.08 Å². The lowest BCUT2D eigenvalue weighted by Gasteiger charge is -2.15. The average molecular weight is 179 g/mol. The summed E-state index contributed by atoms with van der Waals surface area (Å²) in [6.07, 6.45) is 4.39. The van der Waals surface area contributed by atoms with Crippen molar-refractivity contribution in [1.82, 2.24) is 0 Å². The van der Waals surface area contributed by atoms with Gasteiger partial charge in [-0.1, -0.05) is 6.08 Å². The molecule has 1 saturated heterocycles. The van der Waals surface area contributed by atoms with Crippen molar-refractivity contribution >= 4 is 0 Å². The van der Waals surface area contributed by atoms with Crippen molar-refractivity contribution in [2.24, 2.45) is 0 Å². The van der Waals surface area contributed by atoms with Crippen LogP contribution in [0.4, 0.5) is 0 Å². The van der Waals surface area contributed by atoms with Crippen LogP contribution in [0, 0.1) is 11.3 Å². The van der Waals surface area contributed by atoms with E-state index >= 15 is 0 Å². The molecule has 1 aliphatic heterocycles. The lowest BCUT2D eigenvalue weighted by atomic mass is 10.2. The first kappa shape index (κ1) is 9.97. The number of nitrogens with zero attached hydrogens (tertiary/aromatic N) is 1. The van der Waals surface area contributed by atoms with E-state index in [1.807, 2.05) is 19.9 Å². The van der Waals surface area contributed by atoms with Gasteiger partial charge >= 0.3 is 0 Å². The minimum atomic E-state index is -0.594. The smallest absolute Gasteiger partial charge is 0.164 e. The third-order valence-electron chi connectivity index (χ3n) is 1.76. The first-order valence-electron chi connectivity index (χ1n) is 4.13. The summed E-state index contributed by atoms with van der Waals surface area (Å²) < 4.78 is 11.0. The molecule has 0 unspecified atom stereocenters. The van der Waals surface area contributed by atoms with E-state index in [0.29, 0.717) is 0 Å². The fourth-order valence-electron chi connectivity index (χ4n) is 1.29. The Bertz CT molecular complexity index is 263. The van der Waals surface area contributed by atoms with Crippen molar-refractivity contribution in [1.29, 1.82) is 5.26 Å². The largest absolute Gasteiger partial charge is 0.340 e. The van der Waals surface area contributed by atoms with Gasteiger partial charge in [0.15, 0.2) is 5.79 Å². The van der Waals surface area contributed by atoms with Gasteiger partial charge in [-0.25, -0.2) is 0 Å². The van der Waals surface area contributed by atoms with Crippen molar-refractivity contribution in [2.75, 3.05) is 0 Å². The second-order valence-electron chi connectivity index (χ2n) is 3.29. The molecule has 1 rings (SSSR count). The van der Waals surface area contributed by atoms with Crippen LogP contribution >= 0.6 is 0 Å². The minimum Gasteiger partial charge on any atom is -0.340 e. The Labute approximate surface area is 78.3 Å². The summed E-state index contributed by atoms with van der Waals surface area (Å²) in [5, 5.41) is 8.36. The van der Waals surface area contributed by atoms with Gasteiger partial charge in [-0.2, -0.15) is 5.26 Å². The molecule has 0 amide bonds. The molecule has 70 valence electrons. The van der Waals surface area contributed by atoms with Crippen molar-refractivity contribution in [3.05, 3.63) is 24.8 Å².